The van der Waals surface area contributed by atoms with Gasteiger partial charge in [0.15, 0.2) is 0 Å². The van der Waals surface area contributed by atoms with Crippen molar-refractivity contribution in [2.75, 3.05) is 18.4 Å². The van der Waals surface area contributed by atoms with Crippen LogP contribution < -0.4 is 5.32 Å². The SMILES string of the molecule is CCC(=O)N1CC[C@H](Nc2c(Cl)cnc3[nH]ccc23)C1. The minimum absolute atomic E-state index is 0.210. The molecule has 6 heteroatoms. The second-order valence-electron chi connectivity index (χ2n) is 5.04. The number of H-pyrrole nitrogens is 1. The van der Waals surface area contributed by atoms with Crippen molar-refractivity contribution in [3.8, 4) is 0 Å². The Morgan fingerprint density at radius 3 is 3.30 bits per heavy atom. The molecule has 1 atom stereocenters. The lowest BCUT2D eigenvalue weighted by molar-refractivity contribution is -0.129. The van der Waals surface area contributed by atoms with Gasteiger partial charge in [-0.1, -0.05) is 18.5 Å². The molecule has 5 nitrogen and oxygen atoms in total. The summed E-state index contributed by atoms with van der Waals surface area (Å²) in [6.07, 6.45) is 4.99. The highest BCUT2D eigenvalue weighted by Gasteiger charge is 2.26. The molecule has 0 bridgehead atoms. The highest BCUT2D eigenvalue weighted by Crippen LogP contribution is 2.30. The van der Waals surface area contributed by atoms with Gasteiger partial charge >= 0.3 is 0 Å². The standard InChI is InChI=1S/C14H17ClN4O/c1-2-12(20)19-6-4-9(8-19)18-13-10-3-5-16-14(10)17-7-11(13)15/h3,5,7,9H,2,4,6,8H2,1H3,(H2,16,17,18)/t9-/m0/s1. The predicted octanol–water partition coefficient (Wildman–Crippen LogP) is 2.64. The molecule has 0 aliphatic carbocycles. The second kappa shape index (κ2) is 5.32. The number of amides is 1. The summed E-state index contributed by atoms with van der Waals surface area (Å²) in [5.41, 5.74) is 1.71. The molecular formula is C14H17ClN4O. The molecule has 2 aromatic rings. The molecule has 1 amide bonds. The van der Waals surface area contributed by atoms with Crippen molar-refractivity contribution in [3.05, 3.63) is 23.5 Å². The Morgan fingerprint density at radius 2 is 2.50 bits per heavy atom. The fraction of sp³-hybridized carbons (Fsp3) is 0.429. The van der Waals surface area contributed by atoms with E-state index in [4.69, 9.17) is 11.6 Å². The van der Waals surface area contributed by atoms with Gasteiger partial charge in [-0.3, -0.25) is 4.79 Å². The maximum atomic E-state index is 11.7. The van der Waals surface area contributed by atoms with Crippen LogP contribution in [0.3, 0.4) is 0 Å². The molecule has 2 aromatic heterocycles. The van der Waals surface area contributed by atoms with Crippen molar-refractivity contribution in [2.45, 2.75) is 25.8 Å². The first kappa shape index (κ1) is 13.2. The summed E-state index contributed by atoms with van der Waals surface area (Å²) in [7, 11) is 0. The first-order chi connectivity index (χ1) is 9.69. The molecule has 3 rings (SSSR count). The fourth-order valence-corrected chi connectivity index (χ4v) is 2.87. The lowest BCUT2D eigenvalue weighted by atomic mass is 10.2. The molecule has 1 aliphatic rings. The Labute approximate surface area is 122 Å². The van der Waals surface area contributed by atoms with E-state index in [1.54, 1.807) is 6.20 Å². The number of carbonyl (C=O) groups excluding carboxylic acids is 1. The third-order valence-electron chi connectivity index (χ3n) is 3.73. The second-order valence-corrected chi connectivity index (χ2v) is 5.45. The monoisotopic (exact) mass is 292 g/mol. The van der Waals surface area contributed by atoms with Gasteiger partial charge in [0.2, 0.25) is 5.91 Å². The summed E-state index contributed by atoms with van der Waals surface area (Å²) in [4.78, 5) is 20.9. The quantitative estimate of drug-likeness (QED) is 0.914. The topological polar surface area (TPSA) is 61.0 Å². The van der Waals surface area contributed by atoms with Crippen molar-refractivity contribution in [2.24, 2.45) is 0 Å². The lowest BCUT2D eigenvalue weighted by Gasteiger charge is -2.18. The molecule has 1 aliphatic heterocycles. The summed E-state index contributed by atoms with van der Waals surface area (Å²) in [6, 6.07) is 2.20. The number of hydrogen-bond acceptors (Lipinski definition) is 3. The van der Waals surface area contributed by atoms with E-state index in [1.807, 2.05) is 24.1 Å². The van der Waals surface area contributed by atoms with Crippen molar-refractivity contribution in [1.29, 1.82) is 0 Å². The largest absolute Gasteiger partial charge is 0.379 e. The Balaban J connectivity index is 1.79. The van der Waals surface area contributed by atoms with Crippen molar-refractivity contribution < 1.29 is 4.79 Å². The van der Waals surface area contributed by atoms with Crippen LogP contribution >= 0.6 is 11.6 Å². The molecule has 0 spiro atoms. The normalized spacial score (nSPS) is 18.7. The number of aromatic nitrogens is 2. The van der Waals surface area contributed by atoms with Crippen LogP contribution in [0, 0.1) is 0 Å². The number of aromatic amines is 1. The molecular weight excluding hydrogens is 276 g/mol. The van der Waals surface area contributed by atoms with Crippen LogP contribution in [0.5, 0.6) is 0 Å². The Morgan fingerprint density at radius 1 is 1.65 bits per heavy atom. The third kappa shape index (κ3) is 2.33. The number of nitrogens with one attached hydrogen (secondary N) is 2. The van der Waals surface area contributed by atoms with Gasteiger partial charge in [-0.15, -0.1) is 0 Å². The molecule has 0 aromatic carbocycles. The molecule has 0 radical (unpaired) electrons. The van der Waals surface area contributed by atoms with Gasteiger partial charge in [-0.2, -0.15) is 0 Å². The van der Waals surface area contributed by atoms with Crippen LogP contribution in [0.1, 0.15) is 19.8 Å². The van der Waals surface area contributed by atoms with E-state index < -0.39 is 0 Å². The zero-order chi connectivity index (χ0) is 14.1. The van der Waals surface area contributed by atoms with E-state index in [-0.39, 0.29) is 11.9 Å². The third-order valence-corrected chi connectivity index (χ3v) is 4.02. The lowest BCUT2D eigenvalue weighted by Crippen LogP contribution is -2.31. The number of anilines is 1. The average Bonchev–Trinajstić information content (AvgIpc) is 3.10. The van der Waals surface area contributed by atoms with Gasteiger partial charge in [-0.25, -0.2) is 4.98 Å². The van der Waals surface area contributed by atoms with Crippen molar-refractivity contribution in [1.82, 2.24) is 14.9 Å². The van der Waals surface area contributed by atoms with Gasteiger partial charge in [0.1, 0.15) is 5.65 Å². The summed E-state index contributed by atoms with van der Waals surface area (Å²) in [5, 5.41) is 5.05. The fourth-order valence-electron chi connectivity index (χ4n) is 2.66. The molecule has 0 unspecified atom stereocenters. The number of pyridine rings is 1. The first-order valence-corrected chi connectivity index (χ1v) is 7.22. The Hall–Kier alpha value is -1.75. The number of rotatable bonds is 3. The number of halogens is 1. The van der Waals surface area contributed by atoms with Crippen LogP contribution in [0.2, 0.25) is 5.02 Å². The van der Waals surface area contributed by atoms with Gasteiger partial charge < -0.3 is 15.2 Å². The minimum atomic E-state index is 0.210. The Bertz CT molecular complexity index is 639. The zero-order valence-electron chi connectivity index (χ0n) is 11.3. The van der Waals surface area contributed by atoms with E-state index >= 15 is 0 Å². The average molecular weight is 293 g/mol. The van der Waals surface area contributed by atoms with Crippen LogP contribution in [0.4, 0.5) is 5.69 Å². The van der Waals surface area contributed by atoms with Crippen LogP contribution in [0.25, 0.3) is 11.0 Å². The van der Waals surface area contributed by atoms with E-state index in [2.05, 4.69) is 15.3 Å². The highest BCUT2D eigenvalue weighted by molar-refractivity contribution is 6.34. The molecule has 2 N–H and O–H groups in total. The summed E-state index contributed by atoms with van der Waals surface area (Å²) >= 11 is 6.25. The molecule has 3 heterocycles. The predicted molar refractivity (Wildman–Crippen MR) is 80.0 cm³/mol. The van der Waals surface area contributed by atoms with Crippen LogP contribution in [-0.4, -0.2) is 39.9 Å². The molecule has 1 fully saturated rings. The minimum Gasteiger partial charge on any atom is -0.379 e. The maximum Gasteiger partial charge on any atom is 0.222 e. The molecule has 20 heavy (non-hydrogen) atoms. The Kier molecular flexibility index (Phi) is 3.53. The van der Waals surface area contributed by atoms with E-state index in [9.17, 15) is 4.79 Å². The smallest absolute Gasteiger partial charge is 0.222 e. The maximum absolute atomic E-state index is 11.7. The molecule has 0 saturated carbocycles. The van der Waals surface area contributed by atoms with Gasteiger partial charge in [0, 0.05) is 37.1 Å². The van der Waals surface area contributed by atoms with Gasteiger partial charge in [0.05, 0.1) is 16.9 Å². The summed E-state index contributed by atoms with van der Waals surface area (Å²) < 4.78 is 0. The summed E-state index contributed by atoms with van der Waals surface area (Å²) in [5.74, 6) is 0.210. The summed E-state index contributed by atoms with van der Waals surface area (Å²) in [6.45, 7) is 3.44. The van der Waals surface area contributed by atoms with E-state index in [0.29, 0.717) is 11.4 Å². The van der Waals surface area contributed by atoms with Crippen LogP contribution in [0.15, 0.2) is 18.5 Å². The van der Waals surface area contributed by atoms with E-state index in [1.165, 1.54) is 0 Å². The van der Waals surface area contributed by atoms with Crippen molar-refractivity contribution >= 4 is 34.2 Å². The number of nitrogens with zero attached hydrogens (tertiary/aromatic N) is 2. The highest BCUT2D eigenvalue weighted by atomic mass is 35.5. The van der Waals surface area contributed by atoms with Gasteiger partial charge in [0.25, 0.3) is 0 Å². The number of fused-ring (bicyclic) bond motifs is 1. The van der Waals surface area contributed by atoms with Crippen molar-refractivity contribution in [3.63, 3.8) is 0 Å². The number of hydrogen-bond donors (Lipinski definition) is 2. The van der Waals surface area contributed by atoms with E-state index in [0.717, 1.165) is 36.2 Å². The number of likely N-dealkylation sites (tertiary alicyclic amines) is 1. The zero-order valence-corrected chi connectivity index (χ0v) is 12.1. The van der Waals surface area contributed by atoms with Gasteiger partial charge in [-0.05, 0) is 12.5 Å². The molecule has 1 saturated heterocycles. The molecule has 106 valence electrons. The first-order valence-electron chi connectivity index (χ1n) is 6.85. The van der Waals surface area contributed by atoms with Crippen LogP contribution in [-0.2, 0) is 4.79 Å². The number of carbonyl (C=O) groups is 1.